The van der Waals surface area contributed by atoms with Gasteiger partial charge in [0.05, 0.1) is 19.3 Å². The summed E-state index contributed by atoms with van der Waals surface area (Å²) >= 11 is 0. The zero-order valence-corrected chi connectivity index (χ0v) is 9.58. The summed E-state index contributed by atoms with van der Waals surface area (Å²) in [7, 11) is 1.94. The second-order valence-electron chi connectivity index (χ2n) is 3.85. The lowest BCUT2D eigenvalue weighted by Crippen LogP contribution is -2.46. The van der Waals surface area contributed by atoms with Gasteiger partial charge in [0.15, 0.2) is 0 Å². The molecule has 1 unspecified atom stereocenters. The first-order chi connectivity index (χ1) is 7.22. The standard InChI is InChI=1S/C10H21N3O2/c1-3-12-10(14)8-13(2)7-9-6-11-4-5-15-9/h9,11H,3-8H2,1-2H3,(H,12,14). The van der Waals surface area contributed by atoms with E-state index in [-0.39, 0.29) is 12.0 Å². The molecule has 0 radical (unpaired) electrons. The molecule has 1 aliphatic rings. The fourth-order valence-corrected chi connectivity index (χ4v) is 1.65. The second kappa shape index (κ2) is 6.76. The van der Waals surface area contributed by atoms with Crippen LogP contribution in [0.5, 0.6) is 0 Å². The summed E-state index contributed by atoms with van der Waals surface area (Å²) in [5, 5.41) is 6.04. The number of likely N-dealkylation sites (N-methyl/N-ethyl adjacent to an activating group) is 2. The highest BCUT2D eigenvalue weighted by Crippen LogP contribution is 1.98. The van der Waals surface area contributed by atoms with Gasteiger partial charge in [0.2, 0.25) is 5.91 Å². The summed E-state index contributed by atoms with van der Waals surface area (Å²) in [6, 6.07) is 0. The third kappa shape index (κ3) is 5.11. The highest BCUT2D eigenvalue weighted by molar-refractivity contribution is 5.77. The number of amides is 1. The van der Waals surface area contributed by atoms with E-state index in [0.29, 0.717) is 13.1 Å². The van der Waals surface area contributed by atoms with Crippen molar-refractivity contribution in [1.82, 2.24) is 15.5 Å². The van der Waals surface area contributed by atoms with Crippen molar-refractivity contribution in [3.63, 3.8) is 0 Å². The highest BCUT2D eigenvalue weighted by atomic mass is 16.5. The van der Waals surface area contributed by atoms with E-state index in [2.05, 4.69) is 10.6 Å². The van der Waals surface area contributed by atoms with E-state index in [1.165, 1.54) is 0 Å². The number of carbonyl (C=O) groups is 1. The quantitative estimate of drug-likeness (QED) is 0.620. The van der Waals surface area contributed by atoms with Gasteiger partial charge in [-0.05, 0) is 14.0 Å². The number of hydrogen-bond acceptors (Lipinski definition) is 4. The molecule has 0 aromatic rings. The average Bonchev–Trinajstić information content (AvgIpc) is 2.19. The summed E-state index contributed by atoms with van der Waals surface area (Å²) in [5.41, 5.74) is 0. The normalized spacial score (nSPS) is 21.7. The van der Waals surface area contributed by atoms with Crippen LogP contribution in [0.25, 0.3) is 0 Å². The van der Waals surface area contributed by atoms with Crippen LogP contribution in [0, 0.1) is 0 Å². The Bertz CT molecular complexity index is 193. The highest BCUT2D eigenvalue weighted by Gasteiger charge is 2.16. The molecular weight excluding hydrogens is 194 g/mol. The maximum Gasteiger partial charge on any atom is 0.234 e. The Hall–Kier alpha value is -0.650. The SMILES string of the molecule is CCNC(=O)CN(C)CC1CNCCO1. The largest absolute Gasteiger partial charge is 0.374 e. The molecule has 15 heavy (non-hydrogen) atoms. The van der Waals surface area contributed by atoms with E-state index in [1.807, 2.05) is 18.9 Å². The van der Waals surface area contributed by atoms with Crippen molar-refractivity contribution in [2.45, 2.75) is 13.0 Å². The van der Waals surface area contributed by atoms with Gasteiger partial charge < -0.3 is 15.4 Å². The maximum absolute atomic E-state index is 11.3. The van der Waals surface area contributed by atoms with E-state index in [1.54, 1.807) is 0 Å². The number of ether oxygens (including phenoxy) is 1. The number of nitrogens with zero attached hydrogens (tertiary/aromatic N) is 1. The van der Waals surface area contributed by atoms with E-state index in [4.69, 9.17) is 4.74 Å². The van der Waals surface area contributed by atoms with Crippen LogP contribution < -0.4 is 10.6 Å². The number of hydrogen-bond donors (Lipinski definition) is 2. The smallest absolute Gasteiger partial charge is 0.234 e. The minimum absolute atomic E-state index is 0.0729. The van der Waals surface area contributed by atoms with Gasteiger partial charge in [-0.15, -0.1) is 0 Å². The van der Waals surface area contributed by atoms with E-state index in [0.717, 1.165) is 26.2 Å². The van der Waals surface area contributed by atoms with Crippen LogP contribution in [0.1, 0.15) is 6.92 Å². The second-order valence-corrected chi connectivity index (χ2v) is 3.85. The number of morpholine rings is 1. The van der Waals surface area contributed by atoms with Crippen molar-refractivity contribution < 1.29 is 9.53 Å². The van der Waals surface area contributed by atoms with Gasteiger partial charge in [-0.25, -0.2) is 0 Å². The number of carbonyl (C=O) groups excluding carboxylic acids is 1. The van der Waals surface area contributed by atoms with Crippen molar-refractivity contribution in [3.8, 4) is 0 Å². The predicted molar refractivity (Wildman–Crippen MR) is 58.8 cm³/mol. The summed E-state index contributed by atoms with van der Waals surface area (Å²) in [5.74, 6) is 0.0729. The van der Waals surface area contributed by atoms with E-state index in [9.17, 15) is 4.79 Å². The Labute approximate surface area is 91.2 Å². The first kappa shape index (κ1) is 12.4. The molecule has 5 heteroatoms. The summed E-state index contributed by atoms with van der Waals surface area (Å²) in [6.07, 6.45) is 0.207. The first-order valence-corrected chi connectivity index (χ1v) is 5.50. The Balaban J connectivity index is 2.16. The van der Waals surface area contributed by atoms with Gasteiger partial charge in [0.25, 0.3) is 0 Å². The van der Waals surface area contributed by atoms with Crippen LogP contribution in [0.15, 0.2) is 0 Å². The predicted octanol–water partition coefficient (Wildman–Crippen LogP) is -0.957. The number of rotatable bonds is 5. The lowest BCUT2D eigenvalue weighted by Gasteiger charge is -2.27. The molecule has 0 aliphatic carbocycles. The van der Waals surface area contributed by atoms with Gasteiger partial charge in [-0.3, -0.25) is 9.69 Å². The van der Waals surface area contributed by atoms with Gasteiger partial charge in [-0.1, -0.05) is 0 Å². The fraction of sp³-hybridized carbons (Fsp3) is 0.900. The minimum atomic E-state index is 0.0729. The van der Waals surface area contributed by atoms with Gasteiger partial charge >= 0.3 is 0 Å². The fourth-order valence-electron chi connectivity index (χ4n) is 1.65. The zero-order chi connectivity index (χ0) is 11.1. The Morgan fingerprint density at radius 3 is 3.07 bits per heavy atom. The minimum Gasteiger partial charge on any atom is -0.374 e. The van der Waals surface area contributed by atoms with Gasteiger partial charge in [-0.2, -0.15) is 0 Å². The third-order valence-corrected chi connectivity index (χ3v) is 2.31. The molecule has 0 aromatic carbocycles. The molecule has 1 rings (SSSR count). The van der Waals surface area contributed by atoms with Gasteiger partial charge in [0, 0.05) is 26.2 Å². The van der Waals surface area contributed by atoms with Crippen LogP contribution in [-0.4, -0.2) is 63.3 Å². The third-order valence-electron chi connectivity index (χ3n) is 2.31. The summed E-state index contributed by atoms with van der Waals surface area (Å²) in [4.78, 5) is 13.3. The van der Waals surface area contributed by atoms with Crippen molar-refractivity contribution in [3.05, 3.63) is 0 Å². The van der Waals surface area contributed by atoms with Crippen LogP contribution in [-0.2, 0) is 9.53 Å². The van der Waals surface area contributed by atoms with Crippen LogP contribution in [0.2, 0.25) is 0 Å². The molecule has 1 fully saturated rings. The summed E-state index contributed by atoms with van der Waals surface area (Å²) in [6.45, 7) is 6.41. The van der Waals surface area contributed by atoms with Crippen molar-refractivity contribution in [1.29, 1.82) is 0 Å². The molecule has 0 aromatic heterocycles. The topological polar surface area (TPSA) is 53.6 Å². The molecule has 0 saturated carbocycles. The van der Waals surface area contributed by atoms with Crippen molar-refractivity contribution >= 4 is 5.91 Å². The molecule has 88 valence electrons. The molecular formula is C10H21N3O2. The molecule has 1 heterocycles. The molecule has 1 saturated heterocycles. The zero-order valence-electron chi connectivity index (χ0n) is 9.58. The van der Waals surface area contributed by atoms with Crippen molar-refractivity contribution in [2.75, 3.05) is 46.4 Å². The van der Waals surface area contributed by atoms with Crippen LogP contribution >= 0.6 is 0 Å². The lowest BCUT2D eigenvalue weighted by molar-refractivity contribution is -0.122. The van der Waals surface area contributed by atoms with E-state index >= 15 is 0 Å². The molecule has 0 spiro atoms. The molecule has 2 N–H and O–H groups in total. The Kier molecular flexibility index (Phi) is 5.60. The monoisotopic (exact) mass is 215 g/mol. The molecule has 0 bridgehead atoms. The molecule has 1 aliphatic heterocycles. The number of nitrogens with one attached hydrogen (secondary N) is 2. The molecule has 5 nitrogen and oxygen atoms in total. The molecule has 1 atom stereocenters. The van der Waals surface area contributed by atoms with Gasteiger partial charge in [0.1, 0.15) is 0 Å². The Morgan fingerprint density at radius 1 is 1.67 bits per heavy atom. The Morgan fingerprint density at radius 2 is 2.47 bits per heavy atom. The van der Waals surface area contributed by atoms with Crippen LogP contribution in [0.3, 0.4) is 0 Å². The first-order valence-electron chi connectivity index (χ1n) is 5.50. The summed E-state index contributed by atoms with van der Waals surface area (Å²) < 4.78 is 5.55. The average molecular weight is 215 g/mol. The van der Waals surface area contributed by atoms with Crippen LogP contribution in [0.4, 0.5) is 0 Å². The lowest BCUT2D eigenvalue weighted by atomic mass is 10.3. The van der Waals surface area contributed by atoms with Crippen molar-refractivity contribution in [2.24, 2.45) is 0 Å². The maximum atomic E-state index is 11.3. The van der Waals surface area contributed by atoms with E-state index < -0.39 is 0 Å². The molecule has 1 amide bonds.